The summed E-state index contributed by atoms with van der Waals surface area (Å²) in [5, 5.41) is 0. The molecule has 1 unspecified atom stereocenters. The van der Waals surface area contributed by atoms with Crippen LogP contribution in [0.5, 0.6) is 0 Å². The number of ether oxygens (including phenoxy) is 2. The molecule has 0 aromatic heterocycles. The maximum absolute atomic E-state index is 11.1. The van der Waals surface area contributed by atoms with Gasteiger partial charge in [-0.2, -0.15) is 0 Å². The van der Waals surface area contributed by atoms with Crippen LogP contribution in [0.15, 0.2) is 0 Å². The predicted molar refractivity (Wildman–Crippen MR) is 52.0 cm³/mol. The summed E-state index contributed by atoms with van der Waals surface area (Å²) >= 11 is 0. The summed E-state index contributed by atoms with van der Waals surface area (Å²) in [6, 6.07) is -0.427. The van der Waals surface area contributed by atoms with Gasteiger partial charge in [0.15, 0.2) is 0 Å². The minimum absolute atomic E-state index is 0.264. The summed E-state index contributed by atoms with van der Waals surface area (Å²) in [4.78, 5) is 23.8. The summed E-state index contributed by atoms with van der Waals surface area (Å²) in [6.45, 7) is 1.95. The van der Waals surface area contributed by atoms with Crippen LogP contribution in [-0.2, 0) is 19.1 Å². The van der Waals surface area contributed by atoms with Gasteiger partial charge in [0.05, 0.1) is 26.7 Å². The first-order valence-corrected chi connectivity index (χ1v) is 4.83. The minimum atomic E-state index is -0.427. The van der Waals surface area contributed by atoms with E-state index in [1.54, 1.807) is 0 Å². The average molecular weight is 216 g/mol. The number of esters is 1. The third-order valence-corrected chi connectivity index (χ3v) is 2.40. The Hall–Kier alpha value is -1.14. The molecule has 1 amide bonds. The summed E-state index contributed by atoms with van der Waals surface area (Å²) in [7, 11) is 1.34. The van der Waals surface area contributed by atoms with E-state index in [-0.39, 0.29) is 12.4 Å². The lowest BCUT2D eigenvalue weighted by molar-refractivity contribution is -0.142. The molecule has 1 aliphatic heterocycles. The van der Waals surface area contributed by atoms with E-state index in [2.05, 4.69) is 4.74 Å². The quantitative estimate of drug-likeness (QED) is 0.593. The smallest absolute Gasteiger partial charge is 0.306 e. The monoisotopic (exact) mass is 216 g/mol. The standard InChI is InChI=1S/C9H16N2O4/c1-14-8(12)2-3-11-4-5-15-6-7(11)9(10)13/h7H,2-6H2,1H3,(H2,10,13). The Kier molecular flexibility index (Phi) is 4.51. The Bertz CT molecular complexity index is 244. The molecule has 1 saturated heterocycles. The highest BCUT2D eigenvalue weighted by Crippen LogP contribution is 2.07. The van der Waals surface area contributed by atoms with Crippen LogP contribution in [0.4, 0.5) is 0 Å². The average Bonchev–Trinajstić information content (AvgIpc) is 2.26. The van der Waals surface area contributed by atoms with Gasteiger partial charge in [-0.15, -0.1) is 0 Å². The molecule has 1 atom stereocenters. The number of methoxy groups -OCH3 is 1. The van der Waals surface area contributed by atoms with Crippen LogP contribution in [0.25, 0.3) is 0 Å². The maximum atomic E-state index is 11.1. The van der Waals surface area contributed by atoms with E-state index in [0.29, 0.717) is 26.3 Å². The highest BCUT2D eigenvalue weighted by molar-refractivity contribution is 5.80. The van der Waals surface area contributed by atoms with Crippen molar-refractivity contribution in [1.82, 2.24) is 4.90 Å². The van der Waals surface area contributed by atoms with Gasteiger partial charge >= 0.3 is 5.97 Å². The molecule has 0 aromatic carbocycles. The molecule has 0 aromatic rings. The molecule has 1 fully saturated rings. The molecule has 0 bridgehead atoms. The van der Waals surface area contributed by atoms with Crippen LogP contribution < -0.4 is 5.73 Å². The predicted octanol–water partition coefficient (Wildman–Crippen LogP) is -1.26. The minimum Gasteiger partial charge on any atom is -0.469 e. The Balaban J connectivity index is 2.42. The van der Waals surface area contributed by atoms with E-state index in [1.165, 1.54) is 7.11 Å². The molecule has 0 aliphatic carbocycles. The molecule has 86 valence electrons. The van der Waals surface area contributed by atoms with E-state index >= 15 is 0 Å². The number of morpholine rings is 1. The van der Waals surface area contributed by atoms with Crippen molar-refractivity contribution < 1.29 is 19.1 Å². The van der Waals surface area contributed by atoms with E-state index in [9.17, 15) is 9.59 Å². The van der Waals surface area contributed by atoms with Crippen molar-refractivity contribution in [2.24, 2.45) is 5.73 Å². The van der Waals surface area contributed by atoms with Crippen molar-refractivity contribution in [2.75, 3.05) is 33.4 Å². The molecular weight excluding hydrogens is 200 g/mol. The summed E-state index contributed by atoms with van der Waals surface area (Å²) < 4.78 is 9.67. The van der Waals surface area contributed by atoms with Crippen LogP contribution in [0.2, 0.25) is 0 Å². The lowest BCUT2D eigenvalue weighted by Gasteiger charge is -2.33. The van der Waals surface area contributed by atoms with Crippen molar-refractivity contribution in [3.63, 3.8) is 0 Å². The zero-order valence-electron chi connectivity index (χ0n) is 8.77. The number of hydrogen-bond acceptors (Lipinski definition) is 5. The molecule has 6 heteroatoms. The third kappa shape index (κ3) is 3.49. The van der Waals surface area contributed by atoms with Crippen molar-refractivity contribution in [1.29, 1.82) is 0 Å². The van der Waals surface area contributed by atoms with Crippen LogP contribution >= 0.6 is 0 Å². The van der Waals surface area contributed by atoms with Gasteiger partial charge in [-0.25, -0.2) is 0 Å². The Morgan fingerprint density at radius 2 is 2.33 bits per heavy atom. The van der Waals surface area contributed by atoms with Gasteiger partial charge in [0.25, 0.3) is 0 Å². The summed E-state index contributed by atoms with van der Waals surface area (Å²) in [5.74, 6) is -0.704. The number of nitrogens with zero attached hydrogens (tertiary/aromatic N) is 1. The van der Waals surface area contributed by atoms with Crippen molar-refractivity contribution in [2.45, 2.75) is 12.5 Å². The Labute approximate surface area is 88.3 Å². The molecule has 15 heavy (non-hydrogen) atoms. The Morgan fingerprint density at radius 3 is 2.93 bits per heavy atom. The highest BCUT2D eigenvalue weighted by Gasteiger charge is 2.27. The van der Waals surface area contributed by atoms with Gasteiger partial charge < -0.3 is 15.2 Å². The highest BCUT2D eigenvalue weighted by atomic mass is 16.5. The van der Waals surface area contributed by atoms with Crippen molar-refractivity contribution in [3.8, 4) is 0 Å². The van der Waals surface area contributed by atoms with Crippen LogP contribution in [0.1, 0.15) is 6.42 Å². The fourth-order valence-electron chi connectivity index (χ4n) is 1.50. The summed E-state index contributed by atoms with van der Waals surface area (Å²) in [6.07, 6.45) is 0.264. The first-order chi connectivity index (χ1) is 7.15. The molecule has 1 rings (SSSR count). The Morgan fingerprint density at radius 1 is 1.60 bits per heavy atom. The van der Waals surface area contributed by atoms with Gasteiger partial charge in [-0.3, -0.25) is 14.5 Å². The molecule has 6 nitrogen and oxygen atoms in total. The van der Waals surface area contributed by atoms with Gasteiger partial charge in [0, 0.05) is 13.1 Å². The molecule has 2 N–H and O–H groups in total. The number of rotatable bonds is 4. The van der Waals surface area contributed by atoms with Gasteiger partial charge in [0.1, 0.15) is 6.04 Å². The zero-order valence-corrected chi connectivity index (χ0v) is 8.77. The van der Waals surface area contributed by atoms with E-state index < -0.39 is 11.9 Å². The number of primary amides is 1. The molecule has 0 saturated carbocycles. The SMILES string of the molecule is COC(=O)CCN1CCOCC1C(N)=O. The topological polar surface area (TPSA) is 81.9 Å². The van der Waals surface area contributed by atoms with Crippen LogP contribution in [0, 0.1) is 0 Å². The van der Waals surface area contributed by atoms with Crippen LogP contribution in [-0.4, -0.2) is 56.2 Å². The second-order valence-corrected chi connectivity index (χ2v) is 3.36. The van der Waals surface area contributed by atoms with Gasteiger partial charge in [0.2, 0.25) is 5.91 Å². The molecular formula is C9H16N2O4. The largest absolute Gasteiger partial charge is 0.469 e. The lowest BCUT2D eigenvalue weighted by Crippen LogP contribution is -2.52. The number of carbonyl (C=O) groups excluding carboxylic acids is 2. The van der Waals surface area contributed by atoms with Gasteiger partial charge in [-0.1, -0.05) is 0 Å². The van der Waals surface area contributed by atoms with Gasteiger partial charge in [-0.05, 0) is 0 Å². The van der Waals surface area contributed by atoms with Crippen molar-refractivity contribution >= 4 is 11.9 Å². The fraction of sp³-hybridized carbons (Fsp3) is 0.778. The van der Waals surface area contributed by atoms with E-state index in [1.807, 2.05) is 4.90 Å². The van der Waals surface area contributed by atoms with E-state index in [0.717, 1.165) is 0 Å². The van der Waals surface area contributed by atoms with E-state index in [4.69, 9.17) is 10.5 Å². The third-order valence-electron chi connectivity index (χ3n) is 2.40. The molecule has 0 spiro atoms. The van der Waals surface area contributed by atoms with Crippen molar-refractivity contribution in [3.05, 3.63) is 0 Å². The first-order valence-electron chi connectivity index (χ1n) is 4.83. The normalized spacial score (nSPS) is 22.3. The first kappa shape index (κ1) is 11.9. The molecule has 1 aliphatic rings. The molecule has 1 heterocycles. The second kappa shape index (κ2) is 5.67. The number of amides is 1. The fourth-order valence-corrected chi connectivity index (χ4v) is 1.50. The lowest BCUT2D eigenvalue weighted by atomic mass is 10.2. The molecule has 0 radical (unpaired) electrons. The second-order valence-electron chi connectivity index (χ2n) is 3.36. The summed E-state index contributed by atoms with van der Waals surface area (Å²) in [5.41, 5.74) is 5.22. The maximum Gasteiger partial charge on any atom is 0.306 e. The number of carbonyl (C=O) groups is 2. The number of hydrogen-bond donors (Lipinski definition) is 1. The van der Waals surface area contributed by atoms with Crippen LogP contribution in [0.3, 0.4) is 0 Å². The zero-order chi connectivity index (χ0) is 11.3. The number of nitrogens with two attached hydrogens (primary N) is 1.